The number of hydrogen-bond acceptors (Lipinski definition) is 2. The van der Waals surface area contributed by atoms with E-state index in [1.54, 1.807) is 0 Å². The Kier molecular flexibility index (Phi) is 6.98. The molecule has 2 N–H and O–H groups in total. The Morgan fingerprint density at radius 1 is 0.962 bits per heavy atom. The monoisotopic (exact) mass is 353 g/mol. The average molecular weight is 354 g/mol. The van der Waals surface area contributed by atoms with Gasteiger partial charge < -0.3 is 10.4 Å². The number of nitrogens with one attached hydrogen (secondary N) is 1. The Morgan fingerprint density at radius 2 is 1.54 bits per heavy atom. The quantitative estimate of drug-likeness (QED) is 0.737. The largest absolute Gasteiger partial charge is 0.480 e. The Balaban J connectivity index is 1.87. The maximum absolute atomic E-state index is 11.5. The van der Waals surface area contributed by atoms with Crippen molar-refractivity contribution in [2.45, 2.75) is 52.0 Å². The molecule has 2 rings (SSSR count). The molecule has 3 nitrogen and oxygen atoms in total. The van der Waals surface area contributed by atoms with Crippen LogP contribution < -0.4 is 5.32 Å². The normalized spacial score (nSPS) is 14.0. The molecule has 0 saturated heterocycles. The number of carbonyl (C=O) groups is 1. The summed E-state index contributed by atoms with van der Waals surface area (Å²) in [6.45, 7) is 9.49. The summed E-state index contributed by atoms with van der Waals surface area (Å²) in [5, 5.41) is 12.7. The second-order valence-corrected chi connectivity index (χ2v) is 8.25. The summed E-state index contributed by atoms with van der Waals surface area (Å²) in [7, 11) is 0. The number of rotatable bonds is 8. The number of carboxylic acids is 1. The summed E-state index contributed by atoms with van der Waals surface area (Å²) >= 11 is 0. The zero-order valence-electron chi connectivity index (χ0n) is 16.3. The predicted octanol–water partition coefficient (Wildman–Crippen LogP) is 4.45. The zero-order valence-corrected chi connectivity index (χ0v) is 16.3. The molecule has 0 amide bonds. The lowest BCUT2D eigenvalue weighted by atomic mass is 9.86. The van der Waals surface area contributed by atoms with Crippen LogP contribution in [0.4, 0.5) is 0 Å². The highest BCUT2D eigenvalue weighted by Gasteiger charge is 2.18. The van der Waals surface area contributed by atoms with Crippen LogP contribution in [0.5, 0.6) is 0 Å². The first-order valence-corrected chi connectivity index (χ1v) is 9.35. The van der Waals surface area contributed by atoms with E-state index >= 15 is 0 Å². The second-order valence-electron chi connectivity index (χ2n) is 8.25. The molecule has 0 heterocycles. The summed E-state index contributed by atoms with van der Waals surface area (Å²) in [5.41, 5.74) is 3.83. The van der Waals surface area contributed by atoms with E-state index in [1.165, 1.54) is 11.1 Å². The molecule has 0 aromatic heterocycles. The van der Waals surface area contributed by atoms with Crippen molar-refractivity contribution < 1.29 is 9.90 Å². The van der Waals surface area contributed by atoms with Gasteiger partial charge in [0.25, 0.3) is 0 Å². The van der Waals surface area contributed by atoms with E-state index in [1.807, 2.05) is 30.3 Å². The number of benzene rings is 2. The summed E-state index contributed by atoms with van der Waals surface area (Å²) < 4.78 is 0. The van der Waals surface area contributed by atoms with E-state index in [0.717, 1.165) is 12.0 Å². The minimum absolute atomic E-state index is 0.165. The van der Waals surface area contributed by atoms with Gasteiger partial charge in [-0.25, -0.2) is 0 Å². The Hall–Kier alpha value is -2.13. The molecule has 1 unspecified atom stereocenters. The van der Waals surface area contributed by atoms with Crippen LogP contribution in [0.25, 0.3) is 0 Å². The molecule has 0 spiro atoms. The number of carboxylic acid groups (broad SMARTS) is 1. The predicted molar refractivity (Wildman–Crippen MR) is 108 cm³/mol. The van der Waals surface area contributed by atoms with Gasteiger partial charge in [-0.2, -0.15) is 0 Å². The van der Waals surface area contributed by atoms with Gasteiger partial charge in [-0.3, -0.25) is 4.79 Å². The lowest BCUT2D eigenvalue weighted by Crippen LogP contribution is -2.41. The summed E-state index contributed by atoms with van der Waals surface area (Å²) in [6, 6.07) is 18.0. The number of aliphatic carboxylic acids is 1. The summed E-state index contributed by atoms with van der Waals surface area (Å²) in [4.78, 5) is 11.5. The minimum atomic E-state index is -0.796. The summed E-state index contributed by atoms with van der Waals surface area (Å²) in [6.07, 6.45) is 1.44. The van der Waals surface area contributed by atoms with Crippen LogP contribution in [0.15, 0.2) is 54.6 Å². The molecule has 26 heavy (non-hydrogen) atoms. The van der Waals surface area contributed by atoms with Crippen molar-refractivity contribution in [2.24, 2.45) is 5.92 Å². The fraction of sp³-hybridized carbons (Fsp3) is 0.435. The Bertz CT molecular complexity index is 686. The van der Waals surface area contributed by atoms with E-state index in [2.05, 4.69) is 57.3 Å². The molecule has 2 aromatic carbocycles. The maximum Gasteiger partial charge on any atom is 0.321 e. The molecule has 0 saturated carbocycles. The first-order valence-electron chi connectivity index (χ1n) is 9.35. The van der Waals surface area contributed by atoms with Gasteiger partial charge in [-0.1, -0.05) is 82.3 Å². The fourth-order valence-corrected chi connectivity index (χ4v) is 3.06. The first-order chi connectivity index (χ1) is 12.3. The smallest absolute Gasteiger partial charge is 0.321 e. The third kappa shape index (κ3) is 6.30. The fourth-order valence-electron chi connectivity index (χ4n) is 3.06. The standard InChI is InChI=1S/C23H31NO2/c1-17(14-19-10-12-20(13-11-19)23(2,3)4)16-24-21(22(25)26)15-18-8-6-5-7-9-18/h5-13,17,21,24H,14-16H2,1-4H3,(H,25,26)/t17?,21-/m1/s1. The van der Waals surface area contributed by atoms with Crippen molar-refractivity contribution in [3.8, 4) is 0 Å². The highest BCUT2D eigenvalue weighted by atomic mass is 16.4. The molecular formula is C23H31NO2. The number of hydrogen-bond donors (Lipinski definition) is 2. The lowest BCUT2D eigenvalue weighted by molar-refractivity contribution is -0.139. The van der Waals surface area contributed by atoms with Gasteiger partial charge in [-0.15, -0.1) is 0 Å². The van der Waals surface area contributed by atoms with Gasteiger partial charge in [0.15, 0.2) is 0 Å². The van der Waals surface area contributed by atoms with Gasteiger partial charge in [0.2, 0.25) is 0 Å². The minimum Gasteiger partial charge on any atom is -0.480 e. The first kappa shape index (κ1) is 20.2. The van der Waals surface area contributed by atoms with Crippen molar-refractivity contribution in [1.82, 2.24) is 5.32 Å². The van der Waals surface area contributed by atoms with Crippen LogP contribution in [-0.4, -0.2) is 23.7 Å². The van der Waals surface area contributed by atoms with Crippen molar-refractivity contribution in [3.05, 3.63) is 71.3 Å². The van der Waals surface area contributed by atoms with Crippen LogP contribution in [0.1, 0.15) is 44.4 Å². The van der Waals surface area contributed by atoms with E-state index < -0.39 is 12.0 Å². The van der Waals surface area contributed by atoms with Crippen molar-refractivity contribution in [2.75, 3.05) is 6.54 Å². The van der Waals surface area contributed by atoms with Crippen molar-refractivity contribution in [1.29, 1.82) is 0 Å². The molecule has 0 bridgehead atoms. The van der Waals surface area contributed by atoms with E-state index in [9.17, 15) is 9.90 Å². The maximum atomic E-state index is 11.5. The SMILES string of the molecule is CC(CN[C@H](Cc1ccccc1)C(=O)O)Cc1ccc(C(C)(C)C)cc1. The van der Waals surface area contributed by atoms with E-state index in [0.29, 0.717) is 18.9 Å². The lowest BCUT2D eigenvalue weighted by Gasteiger charge is -2.20. The second kappa shape index (κ2) is 9.00. The van der Waals surface area contributed by atoms with Gasteiger partial charge >= 0.3 is 5.97 Å². The molecule has 0 aliphatic rings. The highest BCUT2D eigenvalue weighted by Crippen LogP contribution is 2.22. The van der Waals surface area contributed by atoms with Crippen LogP contribution in [0, 0.1) is 5.92 Å². The molecular weight excluding hydrogens is 322 g/mol. The molecule has 0 aliphatic carbocycles. The molecule has 0 fully saturated rings. The molecule has 0 aliphatic heterocycles. The van der Waals surface area contributed by atoms with Crippen molar-refractivity contribution in [3.63, 3.8) is 0 Å². The van der Waals surface area contributed by atoms with Gasteiger partial charge in [0.1, 0.15) is 6.04 Å². The highest BCUT2D eigenvalue weighted by molar-refractivity contribution is 5.73. The van der Waals surface area contributed by atoms with Crippen LogP contribution in [-0.2, 0) is 23.1 Å². The van der Waals surface area contributed by atoms with E-state index in [4.69, 9.17) is 0 Å². The third-order valence-electron chi connectivity index (χ3n) is 4.70. The zero-order chi connectivity index (χ0) is 19.2. The molecule has 2 atom stereocenters. The van der Waals surface area contributed by atoms with Crippen LogP contribution in [0.3, 0.4) is 0 Å². The Labute approximate surface area is 157 Å². The van der Waals surface area contributed by atoms with Crippen LogP contribution in [0.2, 0.25) is 0 Å². The third-order valence-corrected chi connectivity index (χ3v) is 4.70. The van der Waals surface area contributed by atoms with Crippen molar-refractivity contribution >= 4 is 5.97 Å². The average Bonchev–Trinajstić information content (AvgIpc) is 2.59. The molecule has 3 heteroatoms. The van der Waals surface area contributed by atoms with Gasteiger partial charge in [0, 0.05) is 0 Å². The molecule has 0 radical (unpaired) electrons. The molecule has 2 aromatic rings. The summed E-state index contributed by atoms with van der Waals surface area (Å²) in [5.74, 6) is -0.427. The molecule has 140 valence electrons. The van der Waals surface area contributed by atoms with Gasteiger partial charge in [-0.05, 0) is 47.4 Å². The van der Waals surface area contributed by atoms with E-state index in [-0.39, 0.29) is 5.41 Å². The topological polar surface area (TPSA) is 49.3 Å². The Morgan fingerprint density at radius 3 is 2.08 bits per heavy atom. The van der Waals surface area contributed by atoms with Gasteiger partial charge in [0.05, 0.1) is 0 Å². The van der Waals surface area contributed by atoms with Crippen LogP contribution >= 0.6 is 0 Å².